The summed E-state index contributed by atoms with van der Waals surface area (Å²) in [5.41, 5.74) is 2.52. The Morgan fingerprint density at radius 1 is 1.24 bits per heavy atom. The predicted octanol–water partition coefficient (Wildman–Crippen LogP) is 3.81. The molecule has 1 saturated heterocycles. The lowest BCUT2D eigenvalue weighted by Gasteiger charge is -2.39. The topological polar surface area (TPSA) is 58.1 Å². The van der Waals surface area contributed by atoms with Crippen LogP contribution in [-0.4, -0.2) is 33.9 Å². The van der Waals surface area contributed by atoms with Gasteiger partial charge in [0.05, 0.1) is 5.39 Å². The number of nitrogens with one attached hydrogen (secondary N) is 1. The van der Waals surface area contributed by atoms with Gasteiger partial charge in [0.2, 0.25) is 5.91 Å². The number of anilines is 1. The Bertz CT molecular complexity index is 899. The zero-order chi connectivity index (χ0) is 17.4. The quantitative estimate of drug-likeness (QED) is 0.776. The number of hydrogen-bond acceptors (Lipinski definition) is 5. The standard InChI is InChI=1S/C19H20N4OS/c1-12(22-18-17-7-8-25-19(17)21-11-20-18)14-3-5-15(6-4-14)16-9-23(10-16)13(2)24/h3-8,11-12,16H,9-10H2,1-2H3,(H,20,21,22). The number of likely N-dealkylation sites (tertiary alicyclic amines) is 1. The Labute approximate surface area is 150 Å². The first-order valence-corrected chi connectivity index (χ1v) is 9.30. The highest BCUT2D eigenvalue weighted by molar-refractivity contribution is 7.16. The molecule has 1 atom stereocenters. The van der Waals surface area contributed by atoms with Gasteiger partial charge in [0, 0.05) is 32.0 Å². The summed E-state index contributed by atoms with van der Waals surface area (Å²) in [5.74, 6) is 1.50. The number of nitrogens with zero attached hydrogens (tertiary/aromatic N) is 3. The molecule has 0 bridgehead atoms. The number of hydrogen-bond donors (Lipinski definition) is 1. The summed E-state index contributed by atoms with van der Waals surface area (Å²) in [6.45, 7) is 5.43. The van der Waals surface area contributed by atoms with Crippen LogP contribution in [0.4, 0.5) is 5.82 Å². The summed E-state index contributed by atoms with van der Waals surface area (Å²) in [5, 5.41) is 6.59. The van der Waals surface area contributed by atoms with Crippen molar-refractivity contribution >= 4 is 33.3 Å². The predicted molar refractivity (Wildman–Crippen MR) is 101 cm³/mol. The normalized spacial score (nSPS) is 15.8. The van der Waals surface area contributed by atoms with Gasteiger partial charge in [-0.1, -0.05) is 24.3 Å². The highest BCUT2D eigenvalue weighted by Gasteiger charge is 2.29. The molecule has 1 fully saturated rings. The summed E-state index contributed by atoms with van der Waals surface area (Å²) in [6, 6.07) is 10.9. The number of rotatable bonds is 4. The monoisotopic (exact) mass is 352 g/mol. The molecule has 0 radical (unpaired) electrons. The molecule has 128 valence electrons. The molecule has 6 heteroatoms. The molecule has 1 unspecified atom stereocenters. The van der Waals surface area contributed by atoms with E-state index in [0.29, 0.717) is 5.92 Å². The van der Waals surface area contributed by atoms with Crippen LogP contribution in [0.1, 0.15) is 36.9 Å². The SMILES string of the molecule is CC(=O)N1CC(c2ccc(C(C)Nc3ncnc4sccc34)cc2)C1. The number of fused-ring (bicyclic) bond motifs is 1. The van der Waals surface area contributed by atoms with Gasteiger partial charge >= 0.3 is 0 Å². The van der Waals surface area contributed by atoms with Crippen molar-refractivity contribution in [2.24, 2.45) is 0 Å². The molecule has 1 aliphatic rings. The van der Waals surface area contributed by atoms with Gasteiger partial charge in [-0.15, -0.1) is 11.3 Å². The van der Waals surface area contributed by atoms with E-state index in [1.54, 1.807) is 24.6 Å². The van der Waals surface area contributed by atoms with Crippen molar-refractivity contribution in [2.45, 2.75) is 25.8 Å². The Balaban J connectivity index is 1.45. The summed E-state index contributed by atoms with van der Waals surface area (Å²) in [4.78, 5) is 22.9. The van der Waals surface area contributed by atoms with Gasteiger partial charge in [-0.2, -0.15) is 0 Å². The van der Waals surface area contributed by atoms with Gasteiger partial charge in [0.15, 0.2) is 0 Å². The molecule has 0 saturated carbocycles. The number of benzene rings is 1. The Kier molecular flexibility index (Phi) is 4.13. The van der Waals surface area contributed by atoms with Crippen LogP contribution < -0.4 is 5.32 Å². The minimum atomic E-state index is 0.155. The molecular formula is C19H20N4OS. The third kappa shape index (κ3) is 3.09. The molecule has 1 amide bonds. The largest absolute Gasteiger partial charge is 0.363 e. The van der Waals surface area contributed by atoms with E-state index in [1.807, 2.05) is 10.3 Å². The summed E-state index contributed by atoms with van der Waals surface area (Å²) in [6.07, 6.45) is 1.61. The smallest absolute Gasteiger partial charge is 0.219 e. The second-order valence-corrected chi connectivity index (χ2v) is 7.41. The Morgan fingerprint density at radius 3 is 2.72 bits per heavy atom. The molecular weight excluding hydrogens is 332 g/mol. The lowest BCUT2D eigenvalue weighted by molar-refractivity contribution is -0.133. The highest BCUT2D eigenvalue weighted by atomic mass is 32.1. The fourth-order valence-corrected chi connectivity index (χ4v) is 3.93. The average molecular weight is 352 g/mol. The van der Waals surface area contributed by atoms with E-state index >= 15 is 0 Å². The molecule has 1 aromatic carbocycles. The summed E-state index contributed by atoms with van der Waals surface area (Å²) >= 11 is 1.62. The van der Waals surface area contributed by atoms with Gasteiger partial charge in [0.25, 0.3) is 0 Å². The van der Waals surface area contributed by atoms with E-state index in [9.17, 15) is 4.79 Å². The number of aromatic nitrogens is 2. The first-order valence-electron chi connectivity index (χ1n) is 8.42. The fourth-order valence-electron chi connectivity index (χ4n) is 3.20. The van der Waals surface area contributed by atoms with E-state index < -0.39 is 0 Å². The number of thiophene rings is 1. The minimum absolute atomic E-state index is 0.155. The molecule has 3 heterocycles. The summed E-state index contributed by atoms with van der Waals surface area (Å²) in [7, 11) is 0. The van der Waals surface area contributed by atoms with Crippen LogP contribution >= 0.6 is 11.3 Å². The van der Waals surface area contributed by atoms with Crippen molar-refractivity contribution in [1.82, 2.24) is 14.9 Å². The summed E-state index contributed by atoms with van der Waals surface area (Å²) < 4.78 is 0. The molecule has 25 heavy (non-hydrogen) atoms. The Hall–Kier alpha value is -2.47. The van der Waals surface area contributed by atoms with E-state index in [4.69, 9.17) is 0 Å². The van der Waals surface area contributed by atoms with Crippen molar-refractivity contribution in [1.29, 1.82) is 0 Å². The van der Waals surface area contributed by atoms with E-state index in [-0.39, 0.29) is 11.9 Å². The van der Waals surface area contributed by atoms with E-state index in [1.165, 1.54) is 11.1 Å². The third-order valence-electron chi connectivity index (χ3n) is 4.85. The molecule has 0 spiro atoms. The second-order valence-electron chi connectivity index (χ2n) is 6.52. The van der Waals surface area contributed by atoms with Crippen LogP contribution in [0.25, 0.3) is 10.2 Å². The fraction of sp³-hybridized carbons (Fsp3) is 0.316. The molecule has 0 aliphatic carbocycles. The van der Waals surface area contributed by atoms with Crippen LogP contribution in [0.5, 0.6) is 0 Å². The third-order valence-corrected chi connectivity index (χ3v) is 5.67. The second kappa shape index (κ2) is 6.44. The van der Waals surface area contributed by atoms with Crippen molar-refractivity contribution in [2.75, 3.05) is 18.4 Å². The number of carbonyl (C=O) groups excluding carboxylic acids is 1. The molecule has 1 N–H and O–H groups in total. The van der Waals surface area contributed by atoms with Crippen molar-refractivity contribution < 1.29 is 4.79 Å². The maximum Gasteiger partial charge on any atom is 0.219 e. The first-order chi connectivity index (χ1) is 12.1. The van der Waals surface area contributed by atoms with Crippen molar-refractivity contribution in [3.63, 3.8) is 0 Å². The molecule has 3 aromatic rings. The van der Waals surface area contributed by atoms with Crippen molar-refractivity contribution in [3.8, 4) is 0 Å². The zero-order valence-electron chi connectivity index (χ0n) is 14.3. The highest BCUT2D eigenvalue weighted by Crippen LogP contribution is 2.30. The van der Waals surface area contributed by atoms with Gasteiger partial charge in [0.1, 0.15) is 17.0 Å². The maximum atomic E-state index is 11.3. The maximum absolute atomic E-state index is 11.3. The van der Waals surface area contributed by atoms with E-state index in [0.717, 1.165) is 29.1 Å². The molecule has 4 rings (SSSR count). The lowest BCUT2D eigenvalue weighted by Crippen LogP contribution is -2.47. The molecule has 5 nitrogen and oxygen atoms in total. The van der Waals surface area contributed by atoms with Gasteiger partial charge in [-0.25, -0.2) is 9.97 Å². The molecule has 2 aromatic heterocycles. The first kappa shape index (κ1) is 16.0. The number of carbonyl (C=O) groups is 1. The van der Waals surface area contributed by atoms with Gasteiger partial charge in [-0.05, 0) is 29.5 Å². The molecule has 1 aliphatic heterocycles. The number of amides is 1. The van der Waals surface area contributed by atoms with Gasteiger partial charge in [-0.3, -0.25) is 4.79 Å². The van der Waals surface area contributed by atoms with Crippen LogP contribution in [-0.2, 0) is 4.79 Å². The van der Waals surface area contributed by atoms with Crippen LogP contribution in [0.15, 0.2) is 42.0 Å². The minimum Gasteiger partial charge on any atom is -0.363 e. The Morgan fingerprint density at radius 2 is 2.00 bits per heavy atom. The zero-order valence-corrected chi connectivity index (χ0v) is 15.1. The van der Waals surface area contributed by atoms with Crippen LogP contribution in [0.2, 0.25) is 0 Å². The van der Waals surface area contributed by atoms with Crippen molar-refractivity contribution in [3.05, 3.63) is 53.2 Å². The average Bonchev–Trinajstić information content (AvgIpc) is 3.03. The van der Waals surface area contributed by atoms with Crippen LogP contribution in [0, 0.1) is 0 Å². The van der Waals surface area contributed by atoms with Gasteiger partial charge < -0.3 is 10.2 Å². The lowest BCUT2D eigenvalue weighted by atomic mass is 9.90. The van der Waals surface area contributed by atoms with Crippen LogP contribution in [0.3, 0.4) is 0 Å². The van der Waals surface area contributed by atoms with E-state index in [2.05, 4.69) is 52.5 Å².